The second-order valence-corrected chi connectivity index (χ2v) is 2.94. The molecule has 4 heteroatoms. The van der Waals surface area contributed by atoms with Gasteiger partial charge in [0.15, 0.2) is 0 Å². The molecule has 1 aromatic heterocycles. The third-order valence-electron chi connectivity index (χ3n) is 1.80. The van der Waals surface area contributed by atoms with Crippen LogP contribution in [-0.2, 0) is 7.05 Å². The SMILES string of the molecule is Cn1cc(NCCCN)ccc1=O. The van der Waals surface area contributed by atoms with Crippen LogP contribution in [-0.4, -0.2) is 17.7 Å². The van der Waals surface area contributed by atoms with Crippen molar-refractivity contribution >= 4 is 5.69 Å². The van der Waals surface area contributed by atoms with Crippen LogP contribution in [0.1, 0.15) is 6.42 Å². The normalized spacial score (nSPS) is 10.0. The highest BCUT2D eigenvalue weighted by Gasteiger charge is 1.93. The van der Waals surface area contributed by atoms with Crippen LogP contribution in [0.15, 0.2) is 23.1 Å². The summed E-state index contributed by atoms with van der Waals surface area (Å²) >= 11 is 0. The van der Waals surface area contributed by atoms with Crippen molar-refractivity contribution in [3.63, 3.8) is 0 Å². The summed E-state index contributed by atoms with van der Waals surface area (Å²) in [4.78, 5) is 11.0. The van der Waals surface area contributed by atoms with Crippen molar-refractivity contribution < 1.29 is 0 Å². The number of aryl methyl sites for hydroxylation is 1. The lowest BCUT2D eigenvalue weighted by Crippen LogP contribution is -2.16. The zero-order valence-electron chi connectivity index (χ0n) is 7.79. The molecule has 0 bridgehead atoms. The third-order valence-corrected chi connectivity index (χ3v) is 1.80. The lowest BCUT2D eigenvalue weighted by molar-refractivity contribution is 0.846. The molecule has 0 unspecified atom stereocenters. The van der Waals surface area contributed by atoms with E-state index in [9.17, 15) is 4.79 Å². The molecule has 0 amide bonds. The summed E-state index contributed by atoms with van der Waals surface area (Å²) in [5.41, 5.74) is 6.31. The maximum atomic E-state index is 11.0. The van der Waals surface area contributed by atoms with Crippen LogP contribution in [0, 0.1) is 0 Å². The monoisotopic (exact) mass is 181 g/mol. The molecule has 0 saturated carbocycles. The lowest BCUT2D eigenvalue weighted by atomic mass is 10.3. The zero-order chi connectivity index (χ0) is 9.68. The molecule has 1 rings (SSSR count). The predicted molar refractivity (Wildman–Crippen MR) is 53.8 cm³/mol. The van der Waals surface area contributed by atoms with Gasteiger partial charge in [-0.15, -0.1) is 0 Å². The van der Waals surface area contributed by atoms with Crippen molar-refractivity contribution in [2.75, 3.05) is 18.4 Å². The Kier molecular flexibility index (Phi) is 3.52. The maximum absolute atomic E-state index is 11.0. The fourth-order valence-corrected chi connectivity index (χ4v) is 1.03. The summed E-state index contributed by atoms with van der Waals surface area (Å²) in [7, 11) is 1.73. The smallest absolute Gasteiger partial charge is 0.250 e. The molecule has 72 valence electrons. The van der Waals surface area contributed by atoms with E-state index in [-0.39, 0.29) is 5.56 Å². The Morgan fingerprint density at radius 1 is 1.54 bits per heavy atom. The standard InChI is InChI=1S/C9H15N3O/c1-12-7-8(3-4-9(12)13)11-6-2-5-10/h3-4,7,11H,2,5-6,10H2,1H3. The van der Waals surface area contributed by atoms with E-state index in [1.54, 1.807) is 29.9 Å². The minimum Gasteiger partial charge on any atom is -0.384 e. The van der Waals surface area contributed by atoms with Crippen LogP contribution in [0.5, 0.6) is 0 Å². The number of anilines is 1. The number of nitrogens with zero attached hydrogens (tertiary/aromatic N) is 1. The average Bonchev–Trinajstić information content (AvgIpc) is 2.12. The number of aromatic nitrogens is 1. The Balaban J connectivity index is 2.58. The van der Waals surface area contributed by atoms with Gasteiger partial charge in [0.2, 0.25) is 5.56 Å². The van der Waals surface area contributed by atoms with Gasteiger partial charge in [0.25, 0.3) is 0 Å². The zero-order valence-corrected chi connectivity index (χ0v) is 7.79. The molecule has 1 aromatic rings. The fraction of sp³-hybridized carbons (Fsp3) is 0.444. The molecule has 0 saturated heterocycles. The van der Waals surface area contributed by atoms with Crippen LogP contribution in [0.4, 0.5) is 5.69 Å². The molecule has 13 heavy (non-hydrogen) atoms. The van der Waals surface area contributed by atoms with Gasteiger partial charge in [-0.25, -0.2) is 0 Å². The lowest BCUT2D eigenvalue weighted by Gasteiger charge is -2.06. The largest absolute Gasteiger partial charge is 0.384 e. The van der Waals surface area contributed by atoms with E-state index in [0.29, 0.717) is 6.54 Å². The molecule has 0 aliphatic rings. The van der Waals surface area contributed by atoms with Crippen LogP contribution in [0.25, 0.3) is 0 Å². The Labute approximate surface area is 77.4 Å². The molecule has 0 aliphatic carbocycles. The molecule has 0 aromatic carbocycles. The summed E-state index contributed by atoms with van der Waals surface area (Å²) in [5, 5.41) is 3.17. The molecule has 4 nitrogen and oxygen atoms in total. The van der Waals surface area contributed by atoms with Crippen LogP contribution in [0.3, 0.4) is 0 Å². The topological polar surface area (TPSA) is 60.1 Å². The van der Waals surface area contributed by atoms with E-state index in [1.807, 2.05) is 0 Å². The second kappa shape index (κ2) is 4.67. The summed E-state index contributed by atoms with van der Waals surface area (Å²) in [5.74, 6) is 0. The van der Waals surface area contributed by atoms with E-state index >= 15 is 0 Å². The van der Waals surface area contributed by atoms with Gasteiger partial charge < -0.3 is 15.6 Å². The van der Waals surface area contributed by atoms with Crippen LogP contribution in [0.2, 0.25) is 0 Å². The van der Waals surface area contributed by atoms with Gasteiger partial charge in [-0.3, -0.25) is 4.79 Å². The summed E-state index contributed by atoms with van der Waals surface area (Å²) < 4.78 is 1.55. The molecule has 0 aliphatic heterocycles. The van der Waals surface area contributed by atoms with Crippen molar-refractivity contribution in [3.8, 4) is 0 Å². The number of hydrogen-bond donors (Lipinski definition) is 2. The highest BCUT2D eigenvalue weighted by molar-refractivity contribution is 5.39. The van der Waals surface area contributed by atoms with Crippen molar-refractivity contribution in [2.45, 2.75) is 6.42 Å². The minimum absolute atomic E-state index is 0.00405. The molecule has 0 fully saturated rings. The Bertz CT molecular complexity index is 319. The molecule has 3 N–H and O–H groups in total. The van der Waals surface area contributed by atoms with Crippen molar-refractivity contribution in [2.24, 2.45) is 12.8 Å². The number of nitrogens with two attached hydrogens (primary N) is 1. The highest BCUT2D eigenvalue weighted by Crippen LogP contribution is 2.01. The van der Waals surface area contributed by atoms with E-state index in [4.69, 9.17) is 5.73 Å². The molecule has 1 heterocycles. The fourth-order valence-electron chi connectivity index (χ4n) is 1.03. The first kappa shape index (κ1) is 9.80. The third kappa shape index (κ3) is 2.91. The Morgan fingerprint density at radius 3 is 2.92 bits per heavy atom. The summed E-state index contributed by atoms with van der Waals surface area (Å²) in [6.45, 7) is 1.52. The van der Waals surface area contributed by atoms with E-state index < -0.39 is 0 Å². The number of hydrogen-bond acceptors (Lipinski definition) is 3. The van der Waals surface area contributed by atoms with Gasteiger partial charge in [0, 0.05) is 25.9 Å². The van der Waals surface area contributed by atoms with Crippen molar-refractivity contribution in [1.29, 1.82) is 0 Å². The van der Waals surface area contributed by atoms with E-state index in [0.717, 1.165) is 18.7 Å². The van der Waals surface area contributed by atoms with Gasteiger partial charge in [0.05, 0.1) is 5.69 Å². The highest BCUT2D eigenvalue weighted by atomic mass is 16.1. The van der Waals surface area contributed by atoms with Gasteiger partial charge >= 0.3 is 0 Å². The van der Waals surface area contributed by atoms with Gasteiger partial charge in [0.1, 0.15) is 0 Å². The summed E-state index contributed by atoms with van der Waals surface area (Å²) in [6, 6.07) is 3.32. The van der Waals surface area contributed by atoms with Crippen LogP contribution < -0.4 is 16.6 Å². The first-order valence-corrected chi connectivity index (χ1v) is 4.34. The molecular formula is C9H15N3O. The summed E-state index contributed by atoms with van der Waals surface area (Å²) in [6.07, 6.45) is 2.71. The first-order chi connectivity index (χ1) is 6.24. The van der Waals surface area contributed by atoms with Gasteiger partial charge in [-0.1, -0.05) is 0 Å². The van der Waals surface area contributed by atoms with Gasteiger partial charge in [-0.05, 0) is 19.0 Å². The first-order valence-electron chi connectivity index (χ1n) is 4.34. The Morgan fingerprint density at radius 2 is 2.31 bits per heavy atom. The van der Waals surface area contributed by atoms with Crippen LogP contribution >= 0.6 is 0 Å². The number of pyridine rings is 1. The average molecular weight is 181 g/mol. The van der Waals surface area contributed by atoms with E-state index in [1.165, 1.54) is 0 Å². The molecule has 0 atom stereocenters. The molecule has 0 radical (unpaired) electrons. The predicted octanol–water partition coefficient (Wildman–Crippen LogP) is 0.146. The molecular weight excluding hydrogens is 166 g/mol. The quantitative estimate of drug-likeness (QED) is 0.650. The second-order valence-electron chi connectivity index (χ2n) is 2.94. The minimum atomic E-state index is 0.00405. The van der Waals surface area contributed by atoms with Crippen molar-refractivity contribution in [3.05, 3.63) is 28.7 Å². The number of nitrogens with one attached hydrogen (secondary N) is 1. The molecule has 0 spiro atoms. The Hall–Kier alpha value is -1.29. The van der Waals surface area contributed by atoms with E-state index in [2.05, 4.69) is 5.32 Å². The maximum Gasteiger partial charge on any atom is 0.250 e. The van der Waals surface area contributed by atoms with Gasteiger partial charge in [-0.2, -0.15) is 0 Å². The van der Waals surface area contributed by atoms with Crippen molar-refractivity contribution in [1.82, 2.24) is 4.57 Å². The number of rotatable bonds is 4.